The summed E-state index contributed by atoms with van der Waals surface area (Å²) in [7, 11) is 0. The zero-order valence-corrected chi connectivity index (χ0v) is 16.0. The molecule has 0 amide bonds. The second-order valence-electron chi connectivity index (χ2n) is 6.79. The van der Waals surface area contributed by atoms with Crippen molar-refractivity contribution in [1.29, 1.82) is 0 Å². The summed E-state index contributed by atoms with van der Waals surface area (Å²) in [5, 5.41) is 8.54. The van der Waals surface area contributed by atoms with Crippen LogP contribution >= 0.6 is 0 Å². The van der Waals surface area contributed by atoms with Crippen LogP contribution in [0.3, 0.4) is 0 Å². The van der Waals surface area contributed by atoms with E-state index in [-0.39, 0.29) is 12.6 Å². The van der Waals surface area contributed by atoms with E-state index in [0.29, 0.717) is 13.0 Å². The number of aliphatic hydroxyl groups is 1. The summed E-state index contributed by atoms with van der Waals surface area (Å²) in [6.07, 6.45) is 20.3. The number of aliphatic hydroxyl groups excluding tert-OH is 1. The molecule has 0 saturated heterocycles. The summed E-state index contributed by atoms with van der Waals surface area (Å²) >= 11 is 0. The van der Waals surface area contributed by atoms with Crippen LogP contribution in [0.4, 0.5) is 0 Å². The maximum atomic E-state index is 11.3. The molecule has 24 heavy (non-hydrogen) atoms. The number of nitrogens with one attached hydrogen (secondary N) is 1. The molecule has 0 rings (SSSR count). The van der Waals surface area contributed by atoms with E-state index in [1.807, 2.05) is 0 Å². The van der Waals surface area contributed by atoms with E-state index in [9.17, 15) is 4.79 Å². The molecule has 0 aliphatic heterocycles. The van der Waals surface area contributed by atoms with E-state index in [2.05, 4.69) is 12.4 Å². The fourth-order valence-corrected chi connectivity index (χ4v) is 2.87. The Morgan fingerprint density at radius 2 is 1.17 bits per heavy atom. The first-order valence-electron chi connectivity index (χ1n) is 10.3. The highest BCUT2D eigenvalue weighted by molar-refractivity contribution is 5.68. The number of hydroxylamine groups is 1. The van der Waals surface area contributed by atoms with E-state index in [1.54, 1.807) is 0 Å². The van der Waals surface area contributed by atoms with E-state index in [4.69, 9.17) is 9.94 Å². The Hall–Kier alpha value is -0.610. The fraction of sp³-hybridized carbons (Fsp3) is 0.950. The Morgan fingerprint density at radius 1 is 0.750 bits per heavy atom. The van der Waals surface area contributed by atoms with Gasteiger partial charge in [-0.2, -0.15) is 5.48 Å². The highest BCUT2D eigenvalue weighted by atomic mass is 16.7. The van der Waals surface area contributed by atoms with Crippen molar-refractivity contribution >= 4 is 5.97 Å². The Kier molecular flexibility index (Phi) is 19.9. The SMILES string of the molecule is CCCCCCCCCCCCCCCCCC(=O)ONCCO. The van der Waals surface area contributed by atoms with Crippen molar-refractivity contribution < 1.29 is 14.7 Å². The first-order valence-corrected chi connectivity index (χ1v) is 10.3. The van der Waals surface area contributed by atoms with E-state index < -0.39 is 0 Å². The molecule has 0 aromatic carbocycles. The average Bonchev–Trinajstić information content (AvgIpc) is 2.58. The summed E-state index contributed by atoms with van der Waals surface area (Å²) in [6, 6.07) is 0. The molecule has 0 unspecified atom stereocenters. The minimum absolute atomic E-state index is 0.0216. The highest BCUT2D eigenvalue weighted by Gasteiger charge is 2.02. The minimum Gasteiger partial charge on any atom is -0.395 e. The maximum Gasteiger partial charge on any atom is 0.324 e. The lowest BCUT2D eigenvalue weighted by Crippen LogP contribution is -2.22. The molecule has 0 aromatic rings. The molecule has 144 valence electrons. The number of rotatable bonds is 19. The Labute approximate surface area is 149 Å². The summed E-state index contributed by atoms with van der Waals surface area (Å²) in [5.74, 6) is -0.224. The topological polar surface area (TPSA) is 58.6 Å². The molecular weight excluding hydrogens is 302 g/mol. The van der Waals surface area contributed by atoms with Gasteiger partial charge in [-0.25, -0.2) is 0 Å². The molecule has 0 spiro atoms. The Balaban J connectivity index is 3.06. The largest absolute Gasteiger partial charge is 0.395 e. The predicted octanol–water partition coefficient (Wildman–Crippen LogP) is 5.29. The summed E-state index contributed by atoms with van der Waals surface area (Å²) in [4.78, 5) is 16.0. The fourth-order valence-electron chi connectivity index (χ4n) is 2.87. The van der Waals surface area contributed by atoms with E-state index in [0.717, 1.165) is 12.8 Å². The van der Waals surface area contributed by atoms with Crippen LogP contribution in [0.2, 0.25) is 0 Å². The van der Waals surface area contributed by atoms with Crippen LogP contribution in [0.15, 0.2) is 0 Å². The third-order valence-electron chi connectivity index (χ3n) is 4.38. The van der Waals surface area contributed by atoms with Gasteiger partial charge in [-0.05, 0) is 6.42 Å². The number of hydrogen-bond donors (Lipinski definition) is 2. The van der Waals surface area contributed by atoms with Gasteiger partial charge in [-0.15, -0.1) is 0 Å². The smallest absolute Gasteiger partial charge is 0.324 e. The van der Waals surface area contributed by atoms with Crippen LogP contribution in [0.5, 0.6) is 0 Å². The van der Waals surface area contributed by atoms with Crippen molar-refractivity contribution in [1.82, 2.24) is 5.48 Å². The number of carbonyl (C=O) groups is 1. The molecule has 0 aliphatic rings. The Bertz CT molecular complexity index is 259. The molecule has 2 N–H and O–H groups in total. The summed E-state index contributed by atoms with van der Waals surface area (Å²) in [5.41, 5.74) is 2.44. The molecule has 0 radical (unpaired) electrons. The quantitative estimate of drug-likeness (QED) is 0.247. The zero-order chi connectivity index (χ0) is 17.7. The molecular formula is C20H41NO3. The molecule has 0 saturated carbocycles. The van der Waals surface area contributed by atoms with Gasteiger partial charge in [-0.3, -0.25) is 4.79 Å². The molecule has 0 atom stereocenters. The zero-order valence-electron chi connectivity index (χ0n) is 16.0. The maximum absolute atomic E-state index is 11.3. The van der Waals surface area contributed by atoms with Gasteiger partial charge in [0.15, 0.2) is 0 Å². The normalized spacial score (nSPS) is 10.9. The van der Waals surface area contributed by atoms with Gasteiger partial charge in [0.05, 0.1) is 13.2 Å². The van der Waals surface area contributed by atoms with Crippen molar-refractivity contribution in [3.8, 4) is 0 Å². The number of hydrogen-bond acceptors (Lipinski definition) is 4. The van der Waals surface area contributed by atoms with Gasteiger partial charge in [0.25, 0.3) is 0 Å². The van der Waals surface area contributed by atoms with Gasteiger partial charge in [-0.1, -0.05) is 96.8 Å². The Morgan fingerprint density at radius 3 is 1.58 bits per heavy atom. The van der Waals surface area contributed by atoms with Crippen molar-refractivity contribution in [3.05, 3.63) is 0 Å². The van der Waals surface area contributed by atoms with Crippen molar-refractivity contribution in [2.75, 3.05) is 13.2 Å². The highest BCUT2D eigenvalue weighted by Crippen LogP contribution is 2.13. The standard InChI is InChI=1S/C20H41NO3/c1-2-3-4-5-6-7-8-9-10-11-12-13-14-15-16-17-20(23)24-21-18-19-22/h21-22H,2-19H2,1H3. The first-order chi connectivity index (χ1) is 11.8. The van der Waals surface area contributed by atoms with Crippen molar-refractivity contribution in [2.45, 2.75) is 110 Å². The van der Waals surface area contributed by atoms with Crippen molar-refractivity contribution in [3.63, 3.8) is 0 Å². The molecule has 0 heterocycles. The third kappa shape index (κ3) is 19.4. The minimum atomic E-state index is -0.224. The second-order valence-corrected chi connectivity index (χ2v) is 6.79. The molecule has 4 nitrogen and oxygen atoms in total. The molecule has 0 bridgehead atoms. The first kappa shape index (κ1) is 23.4. The van der Waals surface area contributed by atoms with Gasteiger partial charge < -0.3 is 9.94 Å². The van der Waals surface area contributed by atoms with Gasteiger partial charge >= 0.3 is 5.97 Å². The van der Waals surface area contributed by atoms with Crippen LogP contribution in [-0.4, -0.2) is 24.2 Å². The lowest BCUT2D eigenvalue weighted by atomic mass is 10.0. The number of unbranched alkanes of at least 4 members (excludes halogenated alkanes) is 14. The van der Waals surface area contributed by atoms with Gasteiger partial charge in [0, 0.05) is 6.42 Å². The second kappa shape index (κ2) is 20.4. The van der Waals surface area contributed by atoms with E-state index in [1.165, 1.54) is 83.5 Å². The van der Waals surface area contributed by atoms with Crippen LogP contribution in [0.25, 0.3) is 0 Å². The average molecular weight is 344 g/mol. The molecule has 0 aromatic heterocycles. The third-order valence-corrected chi connectivity index (χ3v) is 4.38. The monoisotopic (exact) mass is 343 g/mol. The van der Waals surface area contributed by atoms with Crippen LogP contribution < -0.4 is 5.48 Å². The van der Waals surface area contributed by atoms with Gasteiger partial charge in [0.2, 0.25) is 0 Å². The lowest BCUT2D eigenvalue weighted by Gasteiger charge is -2.04. The van der Waals surface area contributed by atoms with Crippen molar-refractivity contribution in [2.24, 2.45) is 0 Å². The van der Waals surface area contributed by atoms with Crippen LogP contribution in [-0.2, 0) is 9.63 Å². The molecule has 0 aliphatic carbocycles. The number of carbonyl (C=O) groups excluding carboxylic acids is 1. The molecule has 4 heteroatoms. The van der Waals surface area contributed by atoms with Crippen LogP contribution in [0.1, 0.15) is 110 Å². The predicted molar refractivity (Wildman–Crippen MR) is 101 cm³/mol. The lowest BCUT2D eigenvalue weighted by molar-refractivity contribution is -0.151. The van der Waals surface area contributed by atoms with Crippen LogP contribution in [0, 0.1) is 0 Å². The summed E-state index contributed by atoms with van der Waals surface area (Å²) in [6.45, 7) is 2.54. The summed E-state index contributed by atoms with van der Waals surface area (Å²) < 4.78 is 0. The molecule has 0 fully saturated rings. The van der Waals surface area contributed by atoms with E-state index >= 15 is 0 Å². The van der Waals surface area contributed by atoms with Gasteiger partial charge in [0.1, 0.15) is 0 Å².